The third-order valence-electron chi connectivity index (χ3n) is 3.17. The molecule has 4 nitrogen and oxygen atoms in total. The van der Waals surface area contributed by atoms with Crippen LogP contribution in [0, 0.1) is 0 Å². The molecule has 2 rings (SSSR count). The van der Waals surface area contributed by atoms with Gasteiger partial charge in [-0.2, -0.15) is 0 Å². The molecule has 1 aliphatic carbocycles. The molecule has 0 unspecified atom stereocenters. The number of rotatable bonds is 5. The van der Waals surface area contributed by atoms with Gasteiger partial charge in [0.2, 0.25) is 0 Å². The molecular weight excluding hydrogens is 202 g/mol. The average Bonchev–Trinajstić information content (AvgIpc) is 3.08. The maximum atomic E-state index is 8.37. The van der Waals surface area contributed by atoms with Gasteiger partial charge in [0.15, 0.2) is 0 Å². The molecule has 84 valence electrons. The van der Waals surface area contributed by atoms with Crippen LogP contribution in [0.5, 0.6) is 0 Å². The van der Waals surface area contributed by atoms with Crippen molar-refractivity contribution in [1.29, 1.82) is 0 Å². The van der Waals surface area contributed by atoms with Gasteiger partial charge in [-0.25, -0.2) is 0 Å². The van der Waals surface area contributed by atoms with E-state index >= 15 is 0 Å². The zero-order valence-corrected chi connectivity index (χ0v) is 9.39. The Morgan fingerprint density at radius 1 is 1.44 bits per heavy atom. The topological polar surface area (TPSA) is 58.0 Å². The number of ether oxygens (including phenoxy) is 1. The molecule has 0 radical (unpaired) electrons. The zero-order valence-electron chi connectivity index (χ0n) is 9.39. The molecule has 0 bridgehead atoms. The molecule has 0 N–H and O–H groups in total. The highest BCUT2D eigenvalue weighted by Crippen LogP contribution is 2.49. The van der Waals surface area contributed by atoms with Gasteiger partial charge >= 0.3 is 0 Å². The van der Waals surface area contributed by atoms with Crippen molar-refractivity contribution < 1.29 is 4.74 Å². The predicted molar refractivity (Wildman–Crippen MR) is 62.1 cm³/mol. The van der Waals surface area contributed by atoms with Gasteiger partial charge in [0.05, 0.1) is 13.2 Å². The first-order chi connectivity index (χ1) is 7.82. The van der Waals surface area contributed by atoms with E-state index in [0.717, 1.165) is 25.0 Å². The predicted octanol–water partition coefficient (Wildman–Crippen LogP) is 3.17. The summed E-state index contributed by atoms with van der Waals surface area (Å²) in [5.41, 5.74) is 11.0. The third kappa shape index (κ3) is 2.03. The minimum Gasteiger partial charge on any atom is -0.384 e. The molecular formula is C12H15N3O. The highest BCUT2D eigenvalue weighted by molar-refractivity contribution is 5.38. The first-order valence-electron chi connectivity index (χ1n) is 5.40. The third-order valence-corrected chi connectivity index (χ3v) is 3.17. The second-order valence-corrected chi connectivity index (χ2v) is 4.26. The van der Waals surface area contributed by atoms with E-state index < -0.39 is 0 Å². The summed E-state index contributed by atoms with van der Waals surface area (Å²) in [7, 11) is 1.73. The molecule has 16 heavy (non-hydrogen) atoms. The van der Waals surface area contributed by atoms with Crippen molar-refractivity contribution in [2.45, 2.75) is 24.8 Å². The molecule has 1 fully saturated rings. The van der Waals surface area contributed by atoms with E-state index in [4.69, 9.17) is 10.3 Å². The van der Waals surface area contributed by atoms with Crippen molar-refractivity contribution in [3.63, 3.8) is 0 Å². The van der Waals surface area contributed by atoms with Gasteiger partial charge < -0.3 is 4.74 Å². The van der Waals surface area contributed by atoms with E-state index in [1.165, 1.54) is 5.56 Å². The fraction of sp³-hybridized carbons (Fsp3) is 0.500. The molecule has 0 saturated heterocycles. The van der Waals surface area contributed by atoms with Gasteiger partial charge in [-0.3, -0.25) is 0 Å². The summed E-state index contributed by atoms with van der Waals surface area (Å²) in [6.45, 7) is 1.18. The fourth-order valence-corrected chi connectivity index (χ4v) is 2.20. The summed E-state index contributed by atoms with van der Waals surface area (Å²) in [5.74, 6) is 0. The highest BCUT2D eigenvalue weighted by Gasteiger charge is 2.45. The molecule has 1 saturated carbocycles. The molecule has 0 spiro atoms. The largest absolute Gasteiger partial charge is 0.384 e. The van der Waals surface area contributed by atoms with Crippen LogP contribution in [0.4, 0.5) is 0 Å². The first kappa shape index (κ1) is 11.0. The van der Waals surface area contributed by atoms with Crippen molar-refractivity contribution in [1.82, 2.24) is 0 Å². The lowest BCUT2D eigenvalue weighted by Crippen LogP contribution is -2.16. The van der Waals surface area contributed by atoms with E-state index in [-0.39, 0.29) is 5.41 Å². The average molecular weight is 217 g/mol. The van der Waals surface area contributed by atoms with Crippen molar-refractivity contribution in [3.8, 4) is 0 Å². The van der Waals surface area contributed by atoms with Crippen LogP contribution in [0.25, 0.3) is 10.4 Å². The van der Waals surface area contributed by atoms with Crippen LogP contribution in [-0.2, 0) is 16.7 Å². The number of hydrogen-bond acceptors (Lipinski definition) is 2. The second kappa shape index (κ2) is 4.56. The zero-order chi connectivity index (χ0) is 11.4. The Hall–Kier alpha value is -1.51. The number of nitrogens with zero attached hydrogens (tertiary/aromatic N) is 3. The number of benzene rings is 1. The summed E-state index contributed by atoms with van der Waals surface area (Å²) in [5, 5.41) is 3.64. The number of azide groups is 1. The van der Waals surface area contributed by atoms with E-state index in [9.17, 15) is 0 Å². The quantitative estimate of drug-likeness (QED) is 0.424. The maximum absolute atomic E-state index is 8.37. The lowest BCUT2D eigenvalue weighted by atomic mass is 9.92. The van der Waals surface area contributed by atoms with Crippen molar-refractivity contribution in [3.05, 3.63) is 45.8 Å². The van der Waals surface area contributed by atoms with Crippen LogP contribution >= 0.6 is 0 Å². The Bertz CT molecular complexity index is 420. The first-order valence-corrected chi connectivity index (χ1v) is 5.40. The summed E-state index contributed by atoms with van der Waals surface area (Å²) in [4.78, 5) is 2.81. The SMILES string of the molecule is COCC1(c2ccccc2CN=[N+]=[N-])CC1. The Balaban J connectivity index is 2.29. The fourth-order valence-electron chi connectivity index (χ4n) is 2.20. The summed E-state index contributed by atoms with van der Waals surface area (Å²) in [6.07, 6.45) is 2.32. The number of methoxy groups -OCH3 is 1. The molecule has 1 aromatic carbocycles. The molecule has 0 amide bonds. The summed E-state index contributed by atoms with van der Waals surface area (Å²) < 4.78 is 5.28. The van der Waals surface area contributed by atoms with Crippen molar-refractivity contribution in [2.24, 2.45) is 5.11 Å². The second-order valence-electron chi connectivity index (χ2n) is 4.26. The highest BCUT2D eigenvalue weighted by atomic mass is 16.5. The van der Waals surface area contributed by atoms with Gasteiger partial charge in [-0.1, -0.05) is 29.4 Å². The molecule has 1 aliphatic rings. The maximum Gasteiger partial charge on any atom is 0.0559 e. The number of hydrogen-bond donors (Lipinski definition) is 0. The molecule has 0 atom stereocenters. The molecule has 1 aromatic rings. The van der Waals surface area contributed by atoms with Crippen molar-refractivity contribution in [2.75, 3.05) is 13.7 Å². The molecule has 4 heteroatoms. The summed E-state index contributed by atoms with van der Waals surface area (Å²) in [6, 6.07) is 8.16. The smallest absolute Gasteiger partial charge is 0.0559 e. The van der Waals surface area contributed by atoms with Gasteiger partial charge in [-0.05, 0) is 29.5 Å². The molecule has 0 heterocycles. The molecule has 0 aliphatic heterocycles. The minimum atomic E-state index is 0.177. The van der Waals surface area contributed by atoms with Gasteiger partial charge in [0, 0.05) is 17.4 Å². The lowest BCUT2D eigenvalue weighted by molar-refractivity contribution is 0.171. The van der Waals surface area contributed by atoms with E-state index in [2.05, 4.69) is 16.1 Å². The van der Waals surface area contributed by atoms with Gasteiger partial charge in [0.25, 0.3) is 0 Å². The van der Waals surface area contributed by atoms with Crippen LogP contribution in [0.3, 0.4) is 0 Å². The van der Waals surface area contributed by atoms with Crippen LogP contribution in [0.2, 0.25) is 0 Å². The van der Waals surface area contributed by atoms with Crippen molar-refractivity contribution >= 4 is 0 Å². The Labute approximate surface area is 94.9 Å². The van der Waals surface area contributed by atoms with E-state index in [1.54, 1.807) is 7.11 Å². The normalized spacial score (nSPS) is 16.6. The van der Waals surface area contributed by atoms with Crippen LogP contribution in [0.15, 0.2) is 29.4 Å². The van der Waals surface area contributed by atoms with E-state index in [0.29, 0.717) is 6.54 Å². The van der Waals surface area contributed by atoms with E-state index in [1.807, 2.05) is 18.2 Å². The van der Waals surface area contributed by atoms with Gasteiger partial charge in [0.1, 0.15) is 0 Å². The Morgan fingerprint density at radius 3 is 2.81 bits per heavy atom. The van der Waals surface area contributed by atoms with Crippen LogP contribution < -0.4 is 0 Å². The standard InChI is InChI=1S/C12H15N3O/c1-16-9-12(6-7-12)11-5-3-2-4-10(11)8-14-15-13/h2-5H,6-9H2,1H3. The van der Waals surface area contributed by atoms with Crippen LogP contribution in [-0.4, -0.2) is 13.7 Å². The minimum absolute atomic E-state index is 0.177. The summed E-state index contributed by atoms with van der Waals surface area (Å²) >= 11 is 0. The molecule has 0 aromatic heterocycles. The Kier molecular flexibility index (Phi) is 3.13. The van der Waals surface area contributed by atoms with Gasteiger partial charge in [-0.15, -0.1) is 0 Å². The lowest BCUT2D eigenvalue weighted by Gasteiger charge is -2.17. The Morgan fingerprint density at radius 2 is 2.19 bits per heavy atom. The van der Waals surface area contributed by atoms with Crippen LogP contribution in [0.1, 0.15) is 24.0 Å². The monoisotopic (exact) mass is 217 g/mol.